The smallest absolute Gasteiger partial charge is 0.264 e. The van der Waals surface area contributed by atoms with Crippen LogP contribution >= 0.6 is 0 Å². The van der Waals surface area contributed by atoms with E-state index in [4.69, 9.17) is 9.47 Å². The van der Waals surface area contributed by atoms with E-state index in [1.165, 1.54) is 24.1 Å². The molecule has 0 saturated heterocycles. The summed E-state index contributed by atoms with van der Waals surface area (Å²) in [5.41, 5.74) is 1.92. The third-order valence-electron chi connectivity index (χ3n) is 7.84. The van der Waals surface area contributed by atoms with Crippen LogP contribution in [-0.4, -0.2) is 58.0 Å². The first-order chi connectivity index (χ1) is 20.7. The van der Waals surface area contributed by atoms with E-state index >= 15 is 0 Å². The summed E-state index contributed by atoms with van der Waals surface area (Å²) in [6, 6.07) is 19.7. The minimum atomic E-state index is -4.20. The number of sulfonamides is 1. The molecule has 0 bridgehead atoms. The molecule has 3 aromatic carbocycles. The highest BCUT2D eigenvalue weighted by molar-refractivity contribution is 7.92. The summed E-state index contributed by atoms with van der Waals surface area (Å²) >= 11 is 0. The lowest BCUT2D eigenvalue weighted by Gasteiger charge is -2.34. The number of hydrogen-bond donors (Lipinski definition) is 1. The van der Waals surface area contributed by atoms with E-state index < -0.39 is 28.5 Å². The molecule has 1 saturated carbocycles. The fraction of sp³-hybridized carbons (Fsp3) is 0.394. The summed E-state index contributed by atoms with van der Waals surface area (Å²) in [5, 5.41) is 3.13. The quantitative estimate of drug-likeness (QED) is 0.291. The standard InChI is InChI=1S/C33H41N3O6S/c1-5-29(33(38)34-26-10-6-7-11-26)35(22-25-16-18-27(41-3)19-17-25)32(37)23-36(30-12-8-9-13-31(30)42-4)43(39,40)28-20-14-24(2)15-21-28/h8-9,12-21,26,29H,5-7,10-11,22-23H2,1-4H3,(H,34,38)/t29-/m1/s1. The molecular formula is C33H41N3O6S. The summed E-state index contributed by atoms with van der Waals surface area (Å²) in [4.78, 5) is 29.4. The van der Waals surface area contributed by atoms with Crippen molar-refractivity contribution in [2.24, 2.45) is 0 Å². The largest absolute Gasteiger partial charge is 0.497 e. The van der Waals surface area contributed by atoms with E-state index in [0.29, 0.717) is 17.9 Å². The van der Waals surface area contributed by atoms with Gasteiger partial charge < -0.3 is 19.7 Å². The number of nitrogens with one attached hydrogen (secondary N) is 1. The molecule has 0 aliphatic heterocycles. The second-order valence-corrected chi connectivity index (χ2v) is 12.6. The van der Waals surface area contributed by atoms with Crippen molar-refractivity contribution in [2.75, 3.05) is 25.1 Å². The molecule has 0 radical (unpaired) electrons. The van der Waals surface area contributed by atoms with Gasteiger partial charge in [0.1, 0.15) is 24.1 Å². The summed E-state index contributed by atoms with van der Waals surface area (Å²) < 4.78 is 40.1. The lowest BCUT2D eigenvalue weighted by atomic mass is 10.1. The molecule has 2 amide bonds. The molecule has 230 valence electrons. The third kappa shape index (κ3) is 7.67. The second kappa shape index (κ2) is 14.4. The van der Waals surface area contributed by atoms with Crippen LogP contribution < -0.4 is 19.1 Å². The van der Waals surface area contributed by atoms with Crippen LogP contribution in [0.2, 0.25) is 0 Å². The van der Waals surface area contributed by atoms with E-state index in [2.05, 4.69) is 5.32 Å². The highest BCUT2D eigenvalue weighted by atomic mass is 32.2. The number of para-hydroxylation sites is 2. The highest BCUT2D eigenvalue weighted by Crippen LogP contribution is 2.33. The molecule has 0 heterocycles. The van der Waals surface area contributed by atoms with Gasteiger partial charge in [-0.25, -0.2) is 8.42 Å². The van der Waals surface area contributed by atoms with Gasteiger partial charge in [0.05, 0.1) is 24.8 Å². The zero-order valence-corrected chi connectivity index (χ0v) is 26.1. The van der Waals surface area contributed by atoms with Gasteiger partial charge >= 0.3 is 0 Å². The number of anilines is 1. The van der Waals surface area contributed by atoms with Crippen LogP contribution in [0, 0.1) is 6.92 Å². The number of nitrogens with zero attached hydrogens (tertiary/aromatic N) is 2. The minimum Gasteiger partial charge on any atom is -0.497 e. The zero-order chi connectivity index (χ0) is 31.0. The van der Waals surface area contributed by atoms with Gasteiger partial charge in [-0.3, -0.25) is 13.9 Å². The lowest BCUT2D eigenvalue weighted by Crippen LogP contribution is -2.53. The van der Waals surface area contributed by atoms with Crippen molar-refractivity contribution in [2.45, 2.75) is 69.5 Å². The molecule has 1 aliphatic rings. The number of carbonyl (C=O) groups excluding carboxylic acids is 2. The Morgan fingerprint density at radius 1 is 0.930 bits per heavy atom. The number of aryl methyl sites for hydroxylation is 1. The van der Waals surface area contributed by atoms with Gasteiger partial charge in [-0.05, 0) is 68.1 Å². The first-order valence-corrected chi connectivity index (χ1v) is 16.1. The fourth-order valence-corrected chi connectivity index (χ4v) is 6.83. The number of hydrogen-bond acceptors (Lipinski definition) is 6. The van der Waals surface area contributed by atoms with Crippen LogP contribution in [0.3, 0.4) is 0 Å². The topological polar surface area (TPSA) is 105 Å². The van der Waals surface area contributed by atoms with Crippen molar-refractivity contribution in [1.29, 1.82) is 0 Å². The van der Waals surface area contributed by atoms with Crippen molar-refractivity contribution < 1.29 is 27.5 Å². The normalized spacial score (nSPS) is 14.1. The number of carbonyl (C=O) groups is 2. The van der Waals surface area contributed by atoms with Crippen LogP contribution in [0.15, 0.2) is 77.7 Å². The molecule has 9 nitrogen and oxygen atoms in total. The summed E-state index contributed by atoms with van der Waals surface area (Å²) in [5.74, 6) is 0.227. The van der Waals surface area contributed by atoms with Gasteiger partial charge in [-0.2, -0.15) is 0 Å². The van der Waals surface area contributed by atoms with Gasteiger partial charge in [0, 0.05) is 12.6 Å². The van der Waals surface area contributed by atoms with E-state index in [9.17, 15) is 18.0 Å². The maximum Gasteiger partial charge on any atom is 0.264 e. The molecule has 1 atom stereocenters. The molecule has 1 aliphatic carbocycles. The van der Waals surface area contributed by atoms with E-state index in [0.717, 1.165) is 41.1 Å². The van der Waals surface area contributed by atoms with Crippen molar-refractivity contribution >= 4 is 27.5 Å². The van der Waals surface area contributed by atoms with Crippen LogP contribution in [0.25, 0.3) is 0 Å². The monoisotopic (exact) mass is 607 g/mol. The molecule has 1 fully saturated rings. The predicted octanol–water partition coefficient (Wildman–Crippen LogP) is 5.07. The SMILES string of the molecule is CC[C@H](C(=O)NC1CCCC1)N(Cc1ccc(OC)cc1)C(=O)CN(c1ccccc1OC)S(=O)(=O)c1ccc(C)cc1. The van der Waals surface area contributed by atoms with Gasteiger partial charge in [0.25, 0.3) is 10.0 Å². The fourth-order valence-electron chi connectivity index (χ4n) is 5.40. The zero-order valence-electron chi connectivity index (χ0n) is 25.3. The van der Waals surface area contributed by atoms with Gasteiger partial charge in [0.2, 0.25) is 11.8 Å². The Bertz CT molecular complexity index is 1490. The van der Waals surface area contributed by atoms with Crippen LogP contribution in [0.1, 0.15) is 50.2 Å². The van der Waals surface area contributed by atoms with E-state index in [1.807, 2.05) is 26.0 Å². The van der Waals surface area contributed by atoms with Crippen LogP contribution in [-0.2, 0) is 26.2 Å². The molecule has 43 heavy (non-hydrogen) atoms. The Labute approximate surface area is 254 Å². The number of methoxy groups -OCH3 is 2. The number of amides is 2. The summed E-state index contributed by atoms with van der Waals surface area (Å²) in [6.07, 6.45) is 4.29. The van der Waals surface area contributed by atoms with Crippen molar-refractivity contribution in [3.63, 3.8) is 0 Å². The molecule has 0 spiro atoms. The second-order valence-electron chi connectivity index (χ2n) is 10.8. The Morgan fingerprint density at radius 3 is 2.19 bits per heavy atom. The average molecular weight is 608 g/mol. The first-order valence-electron chi connectivity index (χ1n) is 14.6. The molecule has 0 aromatic heterocycles. The maximum atomic E-state index is 14.3. The Hall–Kier alpha value is -4.05. The van der Waals surface area contributed by atoms with Crippen LogP contribution in [0.4, 0.5) is 5.69 Å². The minimum absolute atomic E-state index is 0.0459. The number of ether oxygens (including phenoxy) is 2. The average Bonchev–Trinajstić information content (AvgIpc) is 3.53. The molecule has 10 heteroatoms. The number of rotatable bonds is 13. The summed E-state index contributed by atoms with van der Waals surface area (Å²) in [6.45, 7) is 3.31. The molecule has 3 aromatic rings. The first kappa shape index (κ1) is 31.9. The molecule has 4 rings (SSSR count). The molecule has 0 unspecified atom stereocenters. The Morgan fingerprint density at radius 2 is 1.58 bits per heavy atom. The summed E-state index contributed by atoms with van der Waals surface area (Å²) in [7, 11) is -1.17. The molecule has 1 N–H and O–H groups in total. The predicted molar refractivity (Wildman–Crippen MR) is 167 cm³/mol. The third-order valence-corrected chi connectivity index (χ3v) is 9.62. The van der Waals surface area contributed by atoms with Crippen molar-refractivity contribution in [3.05, 3.63) is 83.9 Å². The van der Waals surface area contributed by atoms with E-state index in [-0.39, 0.29) is 29.1 Å². The van der Waals surface area contributed by atoms with Gasteiger partial charge in [-0.15, -0.1) is 0 Å². The van der Waals surface area contributed by atoms with Gasteiger partial charge in [0.15, 0.2) is 0 Å². The highest BCUT2D eigenvalue weighted by Gasteiger charge is 2.35. The van der Waals surface area contributed by atoms with Crippen molar-refractivity contribution in [1.82, 2.24) is 10.2 Å². The Kier molecular flexibility index (Phi) is 10.7. The van der Waals surface area contributed by atoms with Gasteiger partial charge in [-0.1, -0.05) is 61.7 Å². The lowest BCUT2D eigenvalue weighted by molar-refractivity contribution is -0.140. The van der Waals surface area contributed by atoms with E-state index in [1.54, 1.807) is 55.6 Å². The van der Waals surface area contributed by atoms with Crippen LogP contribution in [0.5, 0.6) is 11.5 Å². The number of benzene rings is 3. The maximum absolute atomic E-state index is 14.3. The molecular weight excluding hydrogens is 566 g/mol. The Balaban J connectivity index is 1.74. The van der Waals surface area contributed by atoms with Crippen molar-refractivity contribution in [3.8, 4) is 11.5 Å².